The number of nitrogens with one attached hydrogen (secondary N) is 2. The van der Waals surface area contributed by atoms with Crippen LogP contribution < -0.4 is 20.1 Å². The average molecular weight is 460 g/mol. The number of amides is 1. The molecule has 2 N–H and O–H groups in total. The van der Waals surface area contributed by atoms with Crippen LogP contribution in [0.4, 0.5) is 5.69 Å². The summed E-state index contributed by atoms with van der Waals surface area (Å²) in [6.07, 6.45) is 3.86. The third kappa shape index (κ3) is 4.54. The Hall–Kier alpha value is -3.28. The first-order valence-corrected chi connectivity index (χ1v) is 12.2. The number of rotatable bonds is 4. The minimum Gasteiger partial charge on any atom is -0.454 e. The van der Waals surface area contributed by atoms with E-state index in [1.54, 1.807) is 6.07 Å². The van der Waals surface area contributed by atoms with E-state index in [0.717, 1.165) is 42.6 Å². The van der Waals surface area contributed by atoms with Crippen molar-refractivity contribution in [3.05, 3.63) is 59.3 Å². The van der Waals surface area contributed by atoms with Crippen molar-refractivity contribution in [1.82, 2.24) is 10.3 Å². The molecule has 5 rings (SSSR count). The fraction of sp³-hybridized carbons (Fsp3) is 0.429. The summed E-state index contributed by atoms with van der Waals surface area (Å²) in [5, 5.41) is 8.19. The molecule has 1 amide bonds. The number of anilines is 1. The Bertz CT molecular complexity index is 1220. The molecule has 0 atom stereocenters. The van der Waals surface area contributed by atoms with Crippen molar-refractivity contribution in [1.29, 1.82) is 0 Å². The molecule has 2 heterocycles. The van der Waals surface area contributed by atoms with Gasteiger partial charge in [-0.15, -0.1) is 0 Å². The van der Waals surface area contributed by atoms with Crippen molar-refractivity contribution >= 4 is 22.5 Å². The van der Waals surface area contributed by atoms with Gasteiger partial charge in [-0.3, -0.25) is 9.78 Å². The Morgan fingerprint density at radius 1 is 1.00 bits per heavy atom. The van der Waals surface area contributed by atoms with Crippen LogP contribution in [0.3, 0.4) is 0 Å². The molecule has 6 nitrogen and oxygen atoms in total. The van der Waals surface area contributed by atoms with Crippen LogP contribution in [0.1, 0.15) is 68.1 Å². The third-order valence-electron chi connectivity index (χ3n) is 6.80. The second kappa shape index (κ2) is 8.82. The van der Waals surface area contributed by atoms with Gasteiger partial charge in [-0.05, 0) is 62.9 Å². The van der Waals surface area contributed by atoms with E-state index < -0.39 is 0 Å². The molecule has 2 aromatic carbocycles. The summed E-state index contributed by atoms with van der Waals surface area (Å²) < 4.78 is 10.9. The zero-order valence-electron chi connectivity index (χ0n) is 20.4. The van der Waals surface area contributed by atoms with Crippen LogP contribution in [0.5, 0.6) is 11.5 Å². The fourth-order valence-electron chi connectivity index (χ4n) is 4.82. The van der Waals surface area contributed by atoms with E-state index >= 15 is 0 Å². The molecule has 0 bridgehead atoms. The van der Waals surface area contributed by atoms with Crippen LogP contribution in [0.2, 0.25) is 0 Å². The Kier molecular flexibility index (Phi) is 5.84. The summed E-state index contributed by atoms with van der Waals surface area (Å²) in [6, 6.07) is 14.6. The van der Waals surface area contributed by atoms with Crippen molar-refractivity contribution in [3.63, 3.8) is 0 Å². The highest BCUT2D eigenvalue weighted by Gasteiger charge is 2.27. The second-order valence-corrected chi connectivity index (χ2v) is 10.5. The van der Waals surface area contributed by atoms with Crippen LogP contribution in [-0.4, -0.2) is 29.8 Å². The maximum absolute atomic E-state index is 12.9. The first-order valence-electron chi connectivity index (χ1n) is 12.2. The van der Waals surface area contributed by atoms with Crippen molar-refractivity contribution < 1.29 is 14.3 Å². The molecule has 1 aromatic heterocycles. The predicted molar refractivity (Wildman–Crippen MR) is 135 cm³/mol. The van der Waals surface area contributed by atoms with Gasteiger partial charge < -0.3 is 20.1 Å². The molecule has 1 aliphatic heterocycles. The molecule has 2 aliphatic rings. The van der Waals surface area contributed by atoms with Crippen LogP contribution in [0.25, 0.3) is 10.9 Å². The van der Waals surface area contributed by atoms with E-state index in [9.17, 15) is 4.79 Å². The molecule has 0 unspecified atom stereocenters. The number of nitrogens with zero attached hydrogens (tertiary/aromatic N) is 1. The molecule has 3 aromatic rings. The molecule has 0 saturated heterocycles. The highest BCUT2D eigenvalue weighted by Crippen LogP contribution is 2.36. The molecule has 0 spiro atoms. The van der Waals surface area contributed by atoms with Gasteiger partial charge in [0.05, 0.1) is 11.1 Å². The number of benzene rings is 2. The molecule has 6 heteroatoms. The van der Waals surface area contributed by atoms with Crippen molar-refractivity contribution in [2.75, 3.05) is 12.1 Å². The van der Waals surface area contributed by atoms with Gasteiger partial charge in [0.15, 0.2) is 11.5 Å². The summed E-state index contributed by atoms with van der Waals surface area (Å²) in [6.45, 7) is 8.88. The predicted octanol–water partition coefficient (Wildman–Crippen LogP) is 5.72. The SMILES string of the molecule is Cc1ccc2nc(C(C)(C)C)cc(NC3CCC(NC(=O)c4cccc5c4OCO5)CC3)c2c1. The van der Waals surface area contributed by atoms with Gasteiger partial charge in [-0.2, -0.15) is 0 Å². The van der Waals surface area contributed by atoms with Crippen molar-refractivity contribution in [2.45, 2.75) is 70.9 Å². The Labute approximate surface area is 201 Å². The maximum atomic E-state index is 12.9. The van der Waals surface area contributed by atoms with Gasteiger partial charge in [0.25, 0.3) is 5.91 Å². The molecule has 34 heavy (non-hydrogen) atoms. The van der Waals surface area contributed by atoms with Crippen molar-refractivity contribution in [3.8, 4) is 11.5 Å². The first-order chi connectivity index (χ1) is 16.3. The normalized spacial score (nSPS) is 19.8. The van der Waals surface area contributed by atoms with Gasteiger partial charge in [-0.25, -0.2) is 0 Å². The van der Waals surface area contributed by atoms with E-state index in [1.807, 2.05) is 12.1 Å². The lowest BCUT2D eigenvalue weighted by Gasteiger charge is -2.31. The largest absolute Gasteiger partial charge is 0.454 e. The second-order valence-electron chi connectivity index (χ2n) is 10.5. The molecular weight excluding hydrogens is 426 g/mol. The van der Waals surface area contributed by atoms with Crippen LogP contribution in [-0.2, 0) is 5.41 Å². The van der Waals surface area contributed by atoms with Gasteiger partial charge in [0.2, 0.25) is 6.79 Å². The van der Waals surface area contributed by atoms with Gasteiger partial charge in [-0.1, -0.05) is 38.5 Å². The monoisotopic (exact) mass is 459 g/mol. The molecule has 0 radical (unpaired) electrons. The number of carbonyl (C=O) groups excluding carboxylic acids is 1. The molecular formula is C28H33N3O3. The topological polar surface area (TPSA) is 72.5 Å². The Balaban J connectivity index is 1.27. The van der Waals surface area contributed by atoms with E-state index in [-0.39, 0.29) is 24.2 Å². The number of hydrogen-bond acceptors (Lipinski definition) is 5. The van der Waals surface area contributed by atoms with E-state index in [4.69, 9.17) is 14.5 Å². The van der Waals surface area contributed by atoms with Crippen LogP contribution in [0.15, 0.2) is 42.5 Å². The number of para-hydroxylation sites is 1. The fourth-order valence-corrected chi connectivity index (χ4v) is 4.82. The molecule has 1 aliphatic carbocycles. The summed E-state index contributed by atoms with van der Waals surface area (Å²) in [7, 11) is 0. The molecule has 178 valence electrons. The third-order valence-corrected chi connectivity index (χ3v) is 6.80. The highest BCUT2D eigenvalue weighted by atomic mass is 16.7. The summed E-state index contributed by atoms with van der Waals surface area (Å²) in [5.74, 6) is 1.09. The minimum atomic E-state index is -0.0934. The van der Waals surface area contributed by atoms with E-state index in [2.05, 4.69) is 62.6 Å². The highest BCUT2D eigenvalue weighted by molar-refractivity contribution is 5.98. The number of pyridine rings is 1. The zero-order valence-corrected chi connectivity index (χ0v) is 20.4. The lowest BCUT2D eigenvalue weighted by Crippen LogP contribution is -2.40. The summed E-state index contributed by atoms with van der Waals surface area (Å²) in [4.78, 5) is 17.8. The van der Waals surface area contributed by atoms with Crippen LogP contribution >= 0.6 is 0 Å². The Morgan fingerprint density at radius 2 is 1.76 bits per heavy atom. The zero-order chi connectivity index (χ0) is 23.9. The number of fused-ring (bicyclic) bond motifs is 2. The summed E-state index contributed by atoms with van der Waals surface area (Å²) in [5.41, 5.74) is 5.03. The first kappa shape index (κ1) is 22.5. The van der Waals surface area contributed by atoms with Crippen molar-refractivity contribution in [2.24, 2.45) is 0 Å². The van der Waals surface area contributed by atoms with Gasteiger partial charge in [0, 0.05) is 34.3 Å². The van der Waals surface area contributed by atoms with Gasteiger partial charge >= 0.3 is 0 Å². The maximum Gasteiger partial charge on any atom is 0.255 e. The lowest BCUT2D eigenvalue weighted by molar-refractivity contribution is 0.0922. The average Bonchev–Trinajstić information content (AvgIpc) is 3.29. The minimum absolute atomic E-state index is 0.0240. The molecule has 1 saturated carbocycles. The van der Waals surface area contributed by atoms with E-state index in [0.29, 0.717) is 23.1 Å². The standard InChI is InChI=1S/C28H33N3O3/c1-17-8-13-22-21(14-17)23(15-25(31-22)28(2,3)4)29-18-9-11-19(12-10-18)30-27(32)20-6-5-7-24-26(20)34-16-33-24/h5-8,13-15,18-19H,9-12,16H2,1-4H3,(H,29,31)(H,30,32). The van der Waals surface area contributed by atoms with E-state index in [1.165, 1.54) is 10.9 Å². The number of aryl methyl sites for hydroxylation is 1. The quantitative estimate of drug-likeness (QED) is 0.522. The number of ether oxygens (including phenoxy) is 2. The lowest BCUT2D eigenvalue weighted by atomic mass is 9.89. The smallest absolute Gasteiger partial charge is 0.255 e. The number of carbonyl (C=O) groups is 1. The number of aromatic nitrogens is 1. The van der Waals surface area contributed by atoms with Crippen LogP contribution in [0, 0.1) is 6.92 Å². The Morgan fingerprint density at radius 3 is 2.53 bits per heavy atom. The van der Waals surface area contributed by atoms with Gasteiger partial charge in [0.1, 0.15) is 0 Å². The number of hydrogen-bond donors (Lipinski definition) is 2. The summed E-state index contributed by atoms with van der Waals surface area (Å²) >= 11 is 0. The molecule has 1 fully saturated rings.